The summed E-state index contributed by atoms with van der Waals surface area (Å²) in [5.41, 5.74) is 0.380. The monoisotopic (exact) mass is 479 g/mol. The van der Waals surface area contributed by atoms with Gasteiger partial charge in [-0.05, 0) is 36.6 Å². The molecule has 0 bridgehead atoms. The van der Waals surface area contributed by atoms with Gasteiger partial charge in [-0.15, -0.1) is 0 Å². The molecule has 32 heavy (non-hydrogen) atoms. The second-order valence-electron chi connectivity index (χ2n) is 7.00. The van der Waals surface area contributed by atoms with Gasteiger partial charge in [-0.2, -0.15) is 17.5 Å². The van der Waals surface area contributed by atoms with E-state index in [0.717, 1.165) is 4.31 Å². The lowest BCUT2D eigenvalue weighted by atomic mass is 10.2. The third-order valence-corrected chi connectivity index (χ3v) is 6.48. The van der Waals surface area contributed by atoms with E-state index in [0.29, 0.717) is 30.2 Å². The molecule has 13 heteroatoms. The van der Waals surface area contributed by atoms with Crippen molar-refractivity contribution in [3.8, 4) is 5.88 Å². The molecule has 0 radical (unpaired) electrons. The van der Waals surface area contributed by atoms with Crippen molar-refractivity contribution in [2.75, 3.05) is 13.2 Å². The van der Waals surface area contributed by atoms with E-state index in [4.69, 9.17) is 0 Å². The molecule has 174 valence electrons. The molecule has 1 saturated heterocycles. The minimum absolute atomic E-state index is 0.0107. The molecular formula is C19H18F5N3O4S. The summed E-state index contributed by atoms with van der Waals surface area (Å²) in [5, 5.41) is 2.52. The van der Waals surface area contributed by atoms with Gasteiger partial charge in [0.25, 0.3) is 0 Å². The normalized spacial score (nSPS) is 17.3. The highest BCUT2D eigenvalue weighted by atomic mass is 32.2. The average Bonchev–Trinajstić information content (AvgIpc) is 3.20. The quantitative estimate of drug-likeness (QED) is 0.617. The average molecular weight is 479 g/mol. The topological polar surface area (TPSA) is 88.6 Å². The number of carbonyl (C=O) groups excluding carboxylic acids is 1. The molecule has 0 spiro atoms. The number of aromatic nitrogens is 1. The van der Waals surface area contributed by atoms with Crippen LogP contribution in [0, 0.1) is 11.6 Å². The van der Waals surface area contributed by atoms with Crippen molar-refractivity contribution < 1.29 is 39.9 Å². The number of alkyl halides is 3. The first kappa shape index (κ1) is 23.9. The van der Waals surface area contributed by atoms with E-state index in [9.17, 15) is 35.2 Å². The zero-order valence-electron chi connectivity index (χ0n) is 16.4. The number of nitrogens with one attached hydrogen (secondary N) is 1. The summed E-state index contributed by atoms with van der Waals surface area (Å²) in [6.45, 7) is -1.66. The summed E-state index contributed by atoms with van der Waals surface area (Å²) in [4.78, 5) is 15.7. The Balaban J connectivity index is 1.67. The molecule has 2 heterocycles. The fourth-order valence-corrected chi connectivity index (χ4v) is 4.90. The molecule has 0 saturated carbocycles. The number of pyridine rings is 1. The molecule has 1 fully saturated rings. The molecule has 1 atom stereocenters. The number of sulfonamides is 1. The maximum atomic E-state index is 13.5. The van der Waals surface area contributed by atoms with E-state index in [1.165, 1.54) is 18.3 Å². The zero-order chi connectivity index (χ0) is 23.5. The number of hydrogen-bond acceptors (Lipinski definition) is 5. The molecular weight excluding hydrogens is 461 g/mol. The van der Waals surface area contributed by atoms with Crippen LogP contribution in [0.25, 0.3) is 0 Å². The Morgan fingerprint density at radius 1 is 1.19 bits per heavy atom. The summed E-state index contributed by atoms with van der Waals surface area (Å²) in [6, 6.07) is 3.43. The van der Waals surface area contributed by atoms with Crippen molar-refractivity contribution in [1.29, 1.82) is 0 Å². The van der Waals surface area contributed by atoms with E-state index in [1.54, 1.807) is 0 Å². The minimum Gasteiger partial charge on any atom is -0.468 e. The van der Waals surface area contributed by atoms with E-state index in [1.807, 2.05) is 0 Å². The molecule has 3 rings (SSSR count). The smallest absolute Gasteiger partial charge is 0.422 e. The maximum absolute atomic E-state index is 13.5. The van der Waals surface area contributed by atoms with Crippen LogP contribution in [-0.4, -0.2) is 49.0 Å². The number of nitrogens with zero attached hydrogens (tertiary/aromatic N) is 2. The molecule has 0 unspecified atom stereocenters. The van der Waals surface area contributed by atoms with Crippen LogP contribution in [0.1, 0.15) is 18.4 Å². The first-order valence-electron chi connectivity index (χ1n) is 9.36. The Kier molecular flexibility index (Phi) is 6.98. The minimum atomic E-state index is -4.53. The lowest BCUT2D eigenvalue weighted by Gasteiger charge is -2.23. The Morgan fingerprint density at radius 2 is 1.88 bits per heavy atom. The number of amides is 1. The summed E-state index contributed by atoms with van der Waals surface area (Å²) in [6.07, 6.45) is -2.77. The zero-order valence-corrected chi connectivity index (χ0v) is 17.2. The molecule has 1 N–H and O–H groups in total. The lowest BCUT2D eigenvalue weighted by molar-refractivity contribution is -0.154. The van der Waals surface area contributed by atoms with Crippen molar-refractivity contribution in [3.05, 3.63) is 53.7 Å². The van der Waals surface area contributed by atoms with Gasteiger partial charge in [0.1, 0.15) is 17.7 Å². The van der Waals surface area contributed by atoms with Gasteiger partial charge in [0.2, 0.25) is 21.8 Å². The van der Waals surface area contributed by atoms with E-state index < -0.39 is 51.3 Å². The Morgan fingerprint density at radius 3 is 2.53 bits per heavy atom. The van der Waals surface area contributed by atoms with Crippen LogP contribution >= 0.6 is 0 Å². The molecule has 1 aromatic heterocycles. The van der Waals surface area contributed by atoms with Crippen LogP contribution in [0.5, 0.6) is 5.88 Å². The van der Waals surface area contributed by atoms with E-state index in [2.05, 4.69) is 15.0 Å². The summed E-state index contributed by atoms with van der Waals surface area (Å²) in [5.74, 6) is -3.07. The predicted octanol–water partition coefficient (Wildman–Crippen LogP) is 2.77. The molecule has 1 aromatic carbocycles. The number of halogens is 5. The van der Waals surface area contributed by atoms with Crippen molar-refractivity contribution >= 4 is 15.9 Å². The van der Waals surface area contributed by atoms with E-state index in [-0.39, 0.29) is 25.4 Å². The van der Waals surface area contributed by atoms with Crippen LogP contribution in [0.15, 0.2) is 41.4 Å². The third kappa shape index (κ3) is 5.91. The molecule has 0 aliphatic carbocycles. The van der Waals surface area contributed by atoms with Gasteiger partial charge in [0.05, 0.1) is 4.90 Å². The molecule has 1 aliphatic rings. The van der Waals surface area contributed by atoms with E-state index >= 15 is 0 Å². The van der Waals surface area contributed by atoms with Gasteiger partial charge in [0, 0.05) is 31.4 Å². The standard InChI is InChI=1S/C19H18F5N3O4S/c20-13-7-14(21)9-15(8-13)32(29,30)27-5-1-2-16(27)18(28)26-10-12-3-4-25-17(6-12)31-11-19(22,23)24/h3-4,6-9,16H,1-2,5,10-11H2,(H,26,28)/t16-/m0/s1. The first-order valence-corrected chi connectivity index (χ1v) is 10.8. The Bertz CT molecular complexity index is 1070. The Hall–Kier alpha value is -2.80. The second kappa shape index (κ2) is 9.36. The number of rotatable bonds is 7. The number of hydrogen-bond donors (Lipinski definition) is 1. The van der Waals surface area contributed by atoms with Crippen molar-refractivity contribution in [1.82, 2.24) is 14.6 Å². The summed E-state index contributed by atoms with van der Waals surface area (Å²) >= 11 is 0. The van der Waals surface area contributed by atoms with Crippen LogP contribution in [0.2, 0.25) is 0 Å². The second-order valence-corrected chi connectivity index (χ2v) is 8.89. The highest BCUT2D eigenvalue weighted by molar-refractivity contribution is 7.89. The maximum Gasteiger partial charge on any atom is 0.422 e. The van der Waals surface area contributed by atoms with Gasteiger partial charge in [-0.3, -0.25) is 4.79 Å². The van der Waals surface area contributed by atoms with Crippen LogP contribution in [0.4, 0.5) is 22.0 Å². The summed E-state index contributed by atoms with van der Waals surface area (Å²) in [7, 11) is -4.33. The highest BCUT2D eigenvalue weighted by Crippen LogP contribution is 2.27. The molecule has 7 nitrogen and oxygen atoms in total. The van der Waals surface area contributed by atoms with Crippen molar-refractivity contribution in [3.63, 3.8) is 0 Å². The molecule has 1 amide bonds. The Labute approximate surface area is 180 Å². The van der Waals surface area contributed by atoms with Gasteiger partial charge in [0.15, 0.2) is 6.61 Å². The highest BCUT2D eigenvalue weighted by Gasteiger charge is 2.39. The van der Waals surface area contributed by atoms with Gasteiger partial charge in [-0.1, -0.05) is 0 Å². The van der Waals surface area contributed by atoms with Gasteiger partial charge >= 0.3 is 6.18 Å². The number of ether oxygens (including phenoxy) is 1. The SMILES string of the molecule is O=C(NCc1ccnc(OCC(F)(F)F)c1)[C@@H]1CCCN1S(=O)(=O)c1cc(F)cc(F)c1. The van der Waals surface area contributed by atoms with Gasteiger partial charge in [-0.25, -0.2) is 22.2 Å². The summed E-state index contributed by atoms with van der Waals surface area (Å²) < 4.78 is 94.8. The fourth-order valence-electron chi connectivity index (χ4n) is 3.20. The predicted molar refractivity (Wildman–Crippen MR) is 101 cm³/mol. The van der Waals surface area contributed by atoms with Crippen LogP contribution in [-0.2, 0) is 21.4 Å². The fraction of sp³-hybridized carbons (Fsp3) is 0.368. The van der Waals surface area contributed by atoms with Crippen LogP contribution < -0.4 is 10.1 Å². The van der Waals surface area contributed by atoms with Crippen molar-refractivity contribution in [2.24, 2.45) is 0 Å². The number of benzene rings is 1. The number of carbonyl (C=O) groups is 1. The lowest BCUT2D eigenvalue weighted by Crippen LogP contribution is -2.45. The van der Waals surface area contributed by atoms with Crippen LogP contribution in [0.3, 0.4) is 0 Å². The largest absolute Gasteiger partial charge is 0.468 e. The van der Waals surface area contributed by atoms with Crippen molar-refractivity contribution in [2.45, 2.75) is 36.5 Å². The van der Waals surface area contributed by atoms with Gasteiger partial charge < -0.3 is 10.1 Å². The third-order valence-electron chi connectivity index (χ3n) is 4.60. The molecule has 2 aromatic rings. The molecule has 1 aliphatic heterocycles. The first-order chi connectivity index (χ1) is 15.0.